The van der Waals surface area contributed by atoms with Crippen molar-refractivity contribution in [3.8, 4) is 5.75 Å². The van der Waals surface area contributed by atoms with E-state index in [1.807, 2.05) is 6.07 Å². The Bertz CT molecular complexity index is 1270. The molecule has 32 heavy (non-hydrogen) atoms. The number of ether oxygens (including phenoxy) is 2. The lowest BCUT2D eigenvalue weighted by atomic mass is 10.2. The van der Waals surface area contributed by atoms with Gasteiger partial charge in [0.15, 0.2) is 5.70 Å². The Labute approximate surface area is 201 Å². The summed E-state index contributed by atoms with van der Waals surface area (Å²) in [4.78, 5) is 27.0. The van der Waals surface area contributed by atoms with Gasteiger partial charge >= 0.3 is 5.97 Å². The van der Waals surface area contributed by atoms with Crippen LogP contribution in [0.4, 0.5) is 5.69 Å². The molecule has 0 N–H and O–H groups in total. The standard InChI is InChI=1S/C23H14ClIN2O5/c24-20-9-6-16(25)12-19(20)22-26-21(23(28)32-22)11-14-4-7-18(8-5-14)31-13-15-2-1-3-17(10-15)27(29)30/h1-12H,13H2/b21-11-. The number of rotatable bonds is 6. The Morgan fingerprint density at radius 3 is 2.66 bits per heavy atom. The maximum Gasteiger partial charge on any atom is 0.363 e. The van der Waals surface area contributed by atoms with Gasteiger partial charge in [-0.15, -0.1) is 0 Å². The third kappa shape index (κ3) is 5.14. The minimum absolute atomic E-state index is 0.0166. The molecule has 0 unspecified atom stereocenters. The summed E-state index contributed by atoms with van der Waals surface area (Å²) in [5.74, 6) is 0.199. The van der Waals surface area contributed by atoms with Gasteiger partial charge < -0.3 is 9.47 Å². The summed E-state index contributed by atoms with van der Waals surface area (Å²) in [5.41, 5.74) is 2.16. The highest BCUT2D eigenvalue weighted by Crippen LogP contribution is 2.26. The highest BCUT2D eigenvalue weighted by molar-refractivity contribution is 14.1. The number of non-ortho nitro benzene ring substituents is 1. The Hall–Kier alpha value is -3.24. The van der Waals surface area contributed by atoms with Gasteiger partial charge in [-0.2, -0.15) is 0 Å². The summed E-state index contributed by atoms with van der Waals surface area (Å²) >= 11 is 8.35. The van der Waals surface area contributed by atoms with Gasteiger partial charge in [0.25, 0.3) is 5.69 Å². The third-order valence-electron chi connectivity index (χ3n) is 4.49. The molecule has 0 saturated heterocycles. The van der Waals surface area contributed by atoms with Crippen LogP contribution in [0.25, 0.3) is 6.08 Å². The number of aliphatic imine (C=N–C) groups is 1. The minimum Gasteiger partial charge on any atom is -0.489 e. The van der Waals surface area contributed by atoms with Crippen molar-refractivity contribution in [1.82, 2.24) is 0 Å². The second-order valence-corrected chi connectivity index (χ2v) is 8.40. The van der Waals surface area contributed by atoms with Crippen LogP contribution in [0.3, 0.4) is 0 Å². The molecular formula is C23H14ClIN2O5. The zero-order chi connectivity index (χ0) is 22.7. The van der Waals surface area contributed by atoms with Crippen molar-refractivity contribution in [1.29, 1.82) is 0 Å². The summed E-state index contributed by atoms with van der Waals surface area (Å²) in [6, 6.07) is 18.7. The Morgan fingerprint density at radius 2 is 1.91 bits per heavy atom. The Morgan fingerprint density at radius 1 is 1.12 bits per heavy atom. The molecule has 0 aliphatic carbocycles. The van der Waals surface area contributed by atoms with E-state index in [-0.39, 0.29) is 23.9 Å². The fourth-order valence-electron chi connectivity index (χ4n) is 2.93. The molecule has 3 aromatic carbocycles. The monoisotopic (exact) mass is 560 g/mol. The molecular weight excluding hydrogens is 547 g/mol. The van der Waals surface area contributed by atoms with Crippen LogP contribution in [0.2, 0.25) is 5.02 Å². The summed E-state index contributed by atoms with van der Waals surface area (Å²) < 4.78 is 11.9. The molecule has 160 valence electrons. The predicted octanol–water partition coefficient (Wildman–Crippen LogP) is 5.78. The molecule has 0 amide bonds. The zero-order valence-electron chi connectivity index (χ0n) is 16.3. The normalized spacial score (nSPS) is 14.2. The van der Waals surface area contributed by atoms with Gasteiger partial charge in [0.05, 0.1) is 15.5 Å². The molecule has 0 radical (unpaired) electrons. The smallest absolute Gasteiger partial charge is 0.363 e. The maximum absolute atomic E-state index is 12.2. The highest BCUT2D eigenvalue weighted by atomic mass is 127. The van der Waals surface area contributed by atoms with Gasteiger partial charge in [-0.3, -0.25) is 10.1 Å². The van der Waals surface area contributed by atoms with Crippen molar-refractivity contribution >= 4 is 57.8 Å². The van der Waals surface area contributed by atoms with Crippen LogP contribution < -0.4 is 4.74 Å². The number of nitro benzene ring substituents is 1. The van der Waals surface area contributed by atoms with Crippen LogP contribution in [0.5, 0.6) is 5.75 Å². The van der Waals surface area contributed by atoms with E-state index in [9.17, 15) is 14.9 Å². The fourth-order valence-corrected chi connectivity index (χ4v) is 3.62. The summed E-state index contributed by atoms with van der Waals surface area (Å²) in [6.07, 6.45) is 1.61. The first-order valence-electron chi connectivity index (χ1n) is 9.33. The van der Waals surface area contributed by atoms with Gasteiger partial charge in [-0.1, -0.05) is 35.9 Å². The fraction of sp³-hybridized carbons (Fsp3) is 0.0435. The number of nitro groups is 1. The molecule has 1 aliphatic rings. The number of esters is 1. The first kappa shape index (κ1) is 22.0. The van der Waals surface area contributed by atoms with E-state index in [1.165, 1.54) is 12.1 Å². The molecule has 9 heteroatoms. The highest BCUT2D eigenvalue weighted by Gasteiger charge is 2.25. The van der Waals surface area contributed by atoms with Crippen molar-refractivity contribution in [2.45, 2.75) is 6.61 Å². The predicted molar refractivity (Wildman–Crippen MR) is 129 cm³/mol. The summed E-state index contributed by atoms with van der Waals surface area (Å²) in [7, 11) is 0. The SMILES string of the molecule is O=C1OC(c2cc(I)ccc2Cl)=N/C1=C\c1ccc(OCc2cccc([N+](=O)[O-])c2)cc1. The van der Waals surface area contributed by atoms with Gasteiger partial charge in [0.1, 0.15) is 12.4 Å². The molecule has 0 aromatic heterocycles. The molecule has 7 nitrogen and oxygen atoms in total. The second kappa shape index (κ2) is 9.49. The van der Waals surface area contributed by atoms with Gasteiger partial charge in [-0.25, -0.2) is 9.79 Å². The van der Waals surface area contributed by atoms with Crippen LogP contribution in [0, 0.1) is 13.7 Å². The molecule has 0 fully saturated rings. The number of hydrogen-bond acceptors (Lipinski definition) is 6. The number of cyclic esters (lactones) is 1. The quantitative estimate of drug-likeness (QED) is 0.125. The third-order valence-corrected chi connectivity index (χ3v) is 5.49. The molecule has 0 atom stereocenters. The molecule has 1 heterocycles. The van der Waals surface area contributed by atoms with Gasteiger partial charge in [0, 0.05) is 15.7 Å². The number of halogens is 2. The van der Waals surface area contributed by atoms with Crippen molar-refractivity contribution < 1.29 is 19.2 Å². The Kier molecular flexibility index (Phi) is 6.52. The van der Waals surface area contributed by atoms with E-state index in [0.717, 1.165) is 9.13 Å². The average molecular weight is 561 g/mol. The van der Waals surface area contributed by atoms with E-state index >= 15 is 0 Å². The Balaban J connectivity index is 1.46. The van der Waals surface area contributed by atoms with Crippen LogP contribution in [-0.4, -0.2) is 16.8 Å². The number of carbonyl (C=O) groups is 1. The van der Waals surface area contributed by atoms with E-state index in [0.29, 0.717) is 21.9 Å². The van der Waals surface area contributed by atoms with E-state index in [4.69, 9.17) is 21.1 Å². The lowest BCUT2D eigenvalue weighted by Crippen LogP contribution is -2.06. The largest absolute Gasteiger partial charge is 0.489 e. The topological polar surface area (TPSA) is 91.0 Å². The van der Waals surface area contributed by atoms with Crippen LogP contribution >= 0.6 is 34.2 Å². The average Bonchev–Trinajstić information content (AvgIpc) is 3.15. The number of hydrogen-bond donors (Lipinski definition) is 0. The van der Waals surface area contributed by atoms with Crippen molar-refractivity contribution in [3.05, 3.63) is 108 Å². The van der Waals surface area contributed by atoms with Crippen LogP contribution in [-0.2, 0) is 16.1 Å². The van der Waals surface area contributed by atoms with E-state index in [2.05, 4.69) is 27.6 Å². The van der Waals surface area contributed by atoms with Crippen LogP contribution in [0.15, 0.2) is 77.4 Å². The first-order chi connectivity index (χ1) is 15.4. The van der Waals surface area contributed by atoms with Crippen molar-refractivity contribution in [3.63, 3.8) is 0 Å². The van der Waals surface area contributed by atoms with Gasteiger partial charge in [0.2, 0.25) is 5.90 Å². The molecule has 4 rings (SSSR count). The first-order valence-corrected chi connectivity index (χ1v) is 10.8. The number of benzene rings is 3. The lowest BCUT2D eigenvalue weighted by molar-refractivity contribution is -0.384. The maximum atomic E-state index is 12.2. The molecule has 0 spiro atoms. The van der Waals surface area contributed by atoms with E-state index < -0.39 is 10.9 Å². The number of carbonyl (C=O) groups excluding carboxylic acids is 1. The van der Waals surface area contributed by atoms with Crippen molar-refractivity contribution in [2.75, 3.05) is 0 Å². The van der Waals surface area contributed by atoms with E-state index in [1.54, 1.807) is 54.6 Å². The molecule has 0 bridgehead atoms. The van der Waals surface area contributed by atoms with Crippen LogP contribution in [0.1, 0.15) is 16.7 Å². The zero-order valence-corrected chi connectivity index (χ0v) is 19.2. The molecule has 1 aliphatic heterocycles. The molecule has 3 aromatic rings. The number of nitrogens with zero attached hydrogens (tertiary/aromatic N) is 2. The molecule has 0 saturated carbocycles. The lowest BCUT2D eigenvalue weighted by Gasteiger charge is -2.06. The summed E-state index contributed by atoms with van der Waals surface area (Å²) in [5, 5.41) is 11.3. The summed E-state index contributed by atoms with van der Waals surface area (Å²) in [6.45, 7) is 0.193. The van der Waals surface area contributed by atoms with Crippen molar-refractivity contribution in [2.24, 2.45) is 4.99 Å². The van der Waals surface area contributed by atoms with Gasteiger partial charge in [-0.05, 0) is 70.1 Å². The minimum atomic E-state index is -0.555. The second-order valence-electron chi connectivity index (χ2n) is 6.74.